The molecule has 106 valence electrons. The molecule has 0 aliphatic carbocycles. The van der Waals surface area contributed by atoms with Crippen LogP contribution in [-0.4, -0.2) is 28.9 Å². The van der Waals surface area contributed by atoms with Gasteiger partial charge < -0.3 is 14.9 Å². The van der Waals surface area contributed by atoms with Gasteiger partial charge in [0, 0.05) is 0 Å². The Balaban J connectivity index is 2.76. The quantitative estimate of drug-likeness (QED) is 0.795. The van der Waals surface area contributed by atoms with Crippen molar-refractivity contribution in [3.63, 3.8) is 0 Å². The smallest absolute Gasteiger partial charge is 0.306 e. The monoisotopic (exact) mass is 266 g/mol. The lowest BCUT2D eigenvalue weighted by Crippen LogP contribution is -2.24. The van der Waals surface area contributed by atoms with Crippen molar-refractivity contribution in [3.8, 4) is 5.75 Å². The van der Waals surface area contributed by atoms with E-state index in [-0.39, 0.29) is 0 Å². The van der Waals surface area contributed by atoms with Gasteiger partial charge in [0.05, 0.1) is 18.6 Å². The Morgan fingerprint density at radius 1 is 1.37 bits per heavy atom. The second-order valence-corrected chi connectivity index (χ2v) is 5.40. The number of hydrogen-bond donors (Lipinski definition) is 2. The number of para-hydroxylation sites is 1. The van der Waals surface area contributed by atoms with E-state index in [1.54, 1.807) is 21.0 Å². The summed E-state index contributed by atoms with van der Waals surface area (Å²) >= 11 is 0. The van der Waals surface area contributed by atoms with Crippen molar-refractivity contribution in [2.75, 3.05) is 7.11 Å². The van der Waals surface area contributed by atoms with Gasteiger partial charge in [-0.3, -0.25) is 4.79 Å². The number of carboxylic acids is 1. The fourth-order valence-electron chi connectivity index (χ4n) is 1.98. The van der Waals surface area contributed by atoms with Crippen molar-refractivity contribution < 1.29 is 19.7 Å². The number of hydrogen-bond acceptors (Lipinski definition) is 3. The molecule has 0 fully saturated rings. The minimum atomic E-state index is -0.839. The van der Waals surface area contributed by atoms with E-state index in [1.165, 1.54) is 0 Å². The van der Waals surface area contributed by atoms with Crippen LogP contribution in [0.5, 0.6) is 5.75 Å². The second-order valence-electron chi connectivity index (χ2n) is 5.40. The highest BCUT2D eigenvalue weighted by Gasteiger charge is 2.23. The Morgan fingerprint density at radius 3 is 2.53 bits per heavy atom. The zero-order valence-electron chi connectivity index (χ0n) is 11.7. The van der Waals surface area contributed by atoms with Crippen LogP contribution in [0.3, 0.4) is 0 Å². The first-order chi connectivity index (χ1) is 8.83. The predicted octanol–water partition coefficient (Wildman–Crippen LogP) is 2.49. The van der Waals surface area contributed by atoms with Crippen LogP contribution in [0.25, 0.3) is 0 Å². The first kappa shape index (κ1) is 15.5. The van der Waals surface area contributed by atoms with E-state index in [9.17, 15) is 15.0 Å². The molecule has 1 unspecified atom stereocenters. The summed E-state index contributed by atoms with van der Waals surface area (Å²) in [6, 6.07) is 7.42. The van der Waals surface area contributed by atoms with Crippen LogP contribution in [0.1, 0.15) is 32.3 Å². The number of aliphatic carboxylic acids is 1. The summed E-state index contributed by atoms with van der Waals surface area (Å²) < 4.78 is 5.23. The van der Waals surface area contributed by atoms with Gasteiger partial charge in [-0.2, -0.15) is 0 Å². The van der Waals surface area contributed by atoms with Crippen LogP contribution in [0.15, 0.2) is 24.3 Å². The standard InChI is InChI=1S/C15H22O4/c1-15(2,18)9-8-12(14(16)17)10-11-6-4-5-7-13(11)19-3/h4-7,12,18H,8-10H2,1-3H3,(H,16,17). The van der Waals surface area contributed by atoms with Gasteiger partial charge in [-0.25, -0.2) is 0 Å². The van der Waals surface area contributed by atoms with Crippen LogP contribution >= 0.6 is 0 Å². The van der Waals surface area contributed by atoms with Crippen molar-refractivity contribution in [2.24, 2.45) is 5.92 Å². The number of aliphatic hydroxyl groups is 1. The number of carbonyl (C=O) groups is 1. The van der Waals surface area contributed by atoms with Gasteiger partial charge >= 0.3 is 5.97 Å². The Kier molecular flexibility index (Phi) is 5.36. The summed E-state index contributed by atoms with van der Waals surface area (Å²) in [5.74, 6) is -0.644. The average Bonchev–Trinajstić information content (AvgIpc) is 2.33. The van der Waals surface area contributed by atoms with Gasteiger partial charge in [0.1, 0.15) is 5.75 Å². The second kappa shape index (κ2) is 6.57. The topological polar surface area (TPSA) is 66.8 Å². The maximum Gasteiger partial charge on any atom is 0.306 e. The largest absolute Gasteiger partial charge is 0.496 e. The highest BCUT2D eigenvalue weighted by atomic mass is 16.5. The van der Waals surface area contributed by atoms with Crippen molar-refractivity contribution >= 4 is 5.97 Å². The third kappa shape index (κ3) is 5.30. The van der Waals surface area contributed by atoms with Crippen LogP contribution in [0.4, 0.5) is 0 Å². The molecule has 0 heterocycles. The molecule has 4 heteroatoms. The molecular formula is C15H22O4. The van der Waals surface area contributed by atoms with E-state index in [0.29, 0.717) is 25.0 Å². The number of ether oxygens (including phenoxy) is 1. The lowest BCUT2D eigenvalue weighted by atomic mass is 9.90. The first-order valence-corrected chi connectivity index (χ1v) is 6.40. The summed E-state index contributed by atoms with van der Waals surface area (Å²) in [5.41, 5.74) is 0.0437. The molecule has 0 bridgehead atoms. The summed E-state index contributed by atoms with van der Waals surface area (Å²) in [4.78, 5) is 11.3. The molecule has 0 aliphatic rings. The lowest BCUT2D eigenvalue weighted by molar-refractivity contribution is -0.142. The molecule has 2 N–H and O–H groups in total. The van der Waals surface area contributed by atoms with E-state index < -0.39 is 17.5 Å². The maximum atomic E-state index is 11.3. The molecule has 19 heavy (non-hydrogen) atoms. The lowest BCUT2D eigenvalue weighted by Gasteiger charge is -2.20. The Morgan fingerprint density at radius 2 is 2.00 bits per heavy atom. The summed E-state index contributed by atoms with van der Waals surface area (Å²) in [7, 11) is 1.57. The van der Waals surface area contributed by atoms with Crippen molar-refractivity contribution in [1.82, 2.24) is 0 Å². The fraction of sp³-hybridized carbons (Fsp3) is 0.533. The minimum absolute atomic E-state index is 0.412. The van der Waals surface area contributed by atoms with E-state index in [4.69, 9.17) is 4.74 Å². The van der Waals surface area contributed by atoms with Gasteiger partial charge in [0.25, 0.3) is 0 Å². The van der Waals surface area contributed by atoms with Crippen LogP contribution in [0, 0.1) is 5.92 Å². The van der Waals surface area contributed by atoms with Crippen LogP contribution in [-0.2, 0) is 11.2 Å². The van der Waals surface area contributed by atoms with Crippen molar-refractivity contribution in [1.29, 1.82) is 0 Å². The van der Waals surface area contributed by atoms with Crippen LogP contribution in [0.2, 0.25) is 0 Å². The average molecular weight is 266 g/mol. The molecule has 4 nitrogen and oxygen atoms in total. The van der Waals surface area contributed by atoms with Gasteiger partial charge in [-0.1, -0.05) is 18.2 Å². The third-order valence-electron chi connectivity index (χ3n) is 3.11. The summed E-state index contributed by atoms with van der Waals surface area (Å²) in [5, 5.41) is 19.0. The SMILES string of the molecule is COc1ccccc1CC(CCC(C)(C)O)C(=O)O. The molecule has 1 rings (SSSR count). The molecule has 0 radical (unpaired) electrons. The number of rotatable bonds is 7. The fourth-order valence-corrected chi connectivity index (χ4v) is 1.98. The normalized spacial score (nSPS) is 13.1. The molecule has 0 saturated heterocycles. The molecular weight excluding hydrogens is 244 g/mol. The summed E-state index contributed by atoms with van der Waals surface area (Å²) in [6.45, 7) is 3.38. The van der Waals surface area contributed by atoms with Crippen molar-refractivity contribution in [3.05, 3.63) is 29.8 Å². The van der Waals surface area contributed by atoms with Gasteiger partial charge in [0.2, 0.25) is 0 Å². The Hall–Kier alpha value is -1.55. The number of benzene rings is 1. The molecule has 0 aromatic heterocycles. The van der Waals surface area contributed by atoms with Gasteiger partial charge in [-0.15, -0.1) is 0 Å². The first-order valence-electron chi connectivity index (χ1n) is 6.40. The Bertz CT molecular complexity index is 420. The van der Waals surface area contributed by atoms with Crippen molar-refractivity contribution in [2.45, 2.75) is 38.7 Å². The zero-order valence-corrected chi connectivity index (χ0v) is 11.7. The molecule has 0 spiro atoms. The molecule has 1 atom stereocenters. The van der Waals surface area contributed by atoms with E-state index in [1.807, 2.05) is 24.3 Å². The highest BCUT2D eigenvalue weighted by Crippen LogP contribution is 2.25. The van der Waals surface area contributed by atoms with Gasteiger partial charge in [-0.05, 0) is 44.7 Å². The van der Waals surface area contributed by atoms with E-state index >= 15 is 0 Å². The van der Waals surface area contributed by atoms with Gasteiger partial charge in [0.15, 0.2) is 0 Å². The van der Waals surface area contributed by atoms with E-state index in [2.05, 4.69) is 0 Å². The van der Waals surface area contributed by atoms with E-state index in [0.717, 1.165) is 5.56 Å². The third-order valence-corrected chi connectivity index (χ3v) is 3.11. The molecule has 1 aromatic rings. The van der Waals surface area contributed by atoms with Crippen LogP contribution < -0.4 is 4.74 Å². The zero-order chi connectivity index (χ0) is 14.5. The minimum Gasteiger partial charge on any atom is -0.496 e. The number of methoxy groups -OCH3 is 1. The number of carboxylic acid groups (broad SMARTS) is 1. The molecule has 0 saturated carbocycles. The molecule has 0 amide bonds. The maximum absolute atomic E-state index is 11.3. The molecule has 1 aromatic carbocycles. The Labute approximate surface area is 114 Å². The molecule has 0 aliphatic heterocycles. The highest BCUT2D eigenvalue weighted by molar-refractivity contribution is 5.70. The summed E-state index contributed by atoms with van der Waals surface area (Å²) in [6.07, 6.45) is 1.31. The predicted molar refractivity (Wildman–Crippen MR) is 73.4 cm³/mol.